The van der Waals surface area contributed by atoms with Gasteiger partial charge in [-0.15, -0.1) is 12.4 Å². The Morgan fingerprint density at radius 2 is 1.48 bits per heavy atom. The zero-order valence-corrected chi connectivity index (χ0v) is 12.5. The number of benzene rings is 1. The molecule has 0 spiro atoms. The molecule has 0 saturated carbocycles. The summed E-state index contributed by atoms with van der Waals surface area (Å²) in [6.45, 7) is 1.29. The normalized spacial score (nSPS) is 15.0. The van der Waals surface area contributed by atoms with Crippen LogP contribution in [0.25, 0.3) is 0 Å². The second-order valence-corrected chi connectivity index (χ2v) is 4.68. The molecule has 0 aliphatic carbocycles. The number of alkyl halides is 6. The van der Waals surface area contributed by atoms with Crippen molar-refractivity contribution in [3.8, 4) is 0 Å². The highest BCUT2D eigenvalue weighted by Gasteiger charge is 2.62. The Hall–Kier alpha value is -1.48. The monoisotopic (exact) mass is 365 g/mol. The minimum atomic E-state index is -5.73. The highest BCUT2D eigenvalue weighted by atomic mass is 35.5. The van der Waals surface area contributed by atoms with E-state index in [2.05, 4.69) is 0 Å². The average Bonchev–Trinajstić information content (AvgIpc) is 2.35. The van der Waals surface area contributed by atoms with Gasteiger partial charge < -0.3 is 5.11 Å². The van der Waals surface area contributed by atoms with E-state index in [0.29, 0.717) is 5.56 Å². The van der Waals surface area contributed by atoms with Crippen LogP contribution < -0.4 is 5.32 Å². The zero-order valence-electron chi connectivity index (χ0n) is 11.7. The number of aliphatic carboxylic acids is 1. The molecular formula is C13H14ClF6NO2. The fraction of sp³-hybridized carbons (Fsp3) is 0.462. The Kier molecular flexibility index (Phi) is 7.36. The summed E-state index contributed by atoms with van der Waals surface area (Å²) >= 11 is 0. The molecule has 1 aromatic carbocycles. The highest BCUT2D eigenvalue weighted by Crippen LogP contribution is 2.42. The third kappa shape index (κ3) is 5.91. The number of carboxylic acids is 1. The molecule has 0 aliphatic rings. The van der Waals surface area contributed by atoms with Gasteiger partial charge in [0.05, 0.1) is 0 Å². The third-order valence-corrected chi connectivity index (χ3v) is 3.03. The Labute approximate surface area is 134 Å². The number of hydrogen-bond donors (Lipinski definition) is 2. The van der Waals surface area contributed by atoms with Crippen LogP contribution in [-0.4, -0.2) is 29.5 Å². The van der Waals surface area contributed by atoms with Crippen molar-refractivity contribution in [2.75, 3.05) is 0 Å². The van der Waals surface area contributed by atoms with Crippen molar-refractivity contribution >= 4 is 18.4 Å². The first-order valence-corrected chi connectivity index (χ1v) is 6.12. The van der Waals surface area contributed by atoms with Crippen LogP contribution in [0.2, 0.25) is 0 Å². The fourth-order valence-corrected chi connectivity index (χ4v) is 1.98. The first-order valence-electron chi connectivity index (χ1n) is 6.12. The maximum Gasteiger partial charge on any atom is 0.402 e. The summed E-state index contributed by atoms with van der Waals surface area (Å²) < 4.78 is 75.9. The number of nitrogens with one attached hydrogen (secondary N) is 1. The van der Waals surface area contributed by atoms with Gasteiger partial charge in [-0.05, 0) is 12.5 Å². The van der Waals surface area contributed by atoms with Gasteiger partial charge in [0.2, 0.25) is 0 Å². The van der Waals surface area contributed by atoms with Crippen LogP contribution in [0.5, 0.6) is 0 Å². The van der Waals surface area contributed by atoms with Crippen LogP contribution in [0.4, 0.5) is 26.3 Å². The fourth-order valence-electron chi connectivity index (χ4n) is 1.98. The van der Waals surface area contributed by atoms with Gasteiger partial charge in [0, 0.05) is 6.04 Å². The van der Waals surface area contributed by atoms with Gasteiger partial charge in [0.15, 0.2) is 5.92 Å². The minimum Gasteiger partial charge on any atom is -0.480 e. The lowest BCUT2D eigenvalue weighted by Crippen LogP contribution is -2.55. The predicted octanol–water partition coefficient (Wildman–Crippen LogP) is 3.95. The molecule has 0 amide bonds. The van der Waals surface area contributed by atoms with E-state index >= 15 is 0 Å². The second kappa shape index (κ2) is 7.87. The predicted molar refractivity (Wildman–Crippen MR) is 72.3 cm³/mol. The molecule has 0 aliphatic heterocycles. The van der Waals surface area contributed by atoms with Gasteiger partial charge in [0.25, 0.3) is 0 Å². The molecule has 0 unspecified atom stereocenters. The zero-order chi connectivity index (χ0) is 17.1. The molecule has 0 radical (unpaired) electrons. The van der Waals surface area contributed by atoms with E-state index in [1.54, 1.807) is 6.07 Å². The van der Waals surface area contributed by atoms with Gasteiger partial charge >= 0.3 is 18.3 Å². The standard InChI is InChI=1S/C13H13F6NO2.ClH/c1-7(8-5-3-2-4-6-8)20-9(11(21)22)10(12(14,15)16)13(17,18)19;/h2-7,9-10,20H,1H3,(H,21,22);1H/t7-,9-;/m0./s1. The van der Waals surface area contributed by atoms with Crippen LogP contribution in [-0.2, 0) is 4.79 Å². The molecule has 1 rings (SSSR count). The molecule has 0 aromatic heterocycles. The number of carbonyl (C=O) groups is 1. The molecule has 10 heteroatoms. The lowest BCUT2D eigenvalue weighted by molar-refractivity contribution is -0.291. The van der Waals surface area contributed by atoms with E-state index in [4.69, 9.17) is 5.11 Å². The topological polar surface area (TPSA) is 49.3 Å². The number of carboxylic acid groups (broad SMARTS) is 1. The number of hydrogen-bond acceptors (Lipinski definition) is 2. The van der Waals surface area contributed by atoms with Crippen molar-refractivity contribution in [3.05, 3.63) is 35.9 Å². The largest absolute Gasteiger partial charge is 0.480 e. The van der Waals surface area contributed by atoms with E-state index in [1.165, 1.54) is 31.2 Å². The second-order valence-electron chi connectivity index (χ2n) is 4.68. The summed E-state index contributed by atoms with van der Waals surface area (Å²) in [5, 5.41) is 10.7. The number of halogens is 7. The van der Waals surface area contributed by atoms with Crippen molar-refractivity contribution in [2.24, 2.45) is 5.92 Å². The van der Waals surface area contributed by atoms with Crippen LogP contribution in [0.3, 0.4) is 0 Å². The molecule has 23 heavy (non-hydrogen) atoms. The van der Waals surface area contributed by atoms with Crippen LogP contribution in [0.1, 0.15) is 18.5 Å². The van der Waals surface area contributed by atoms with E-state index < -0.39 is 36.3 Å². The lowest BCUT2D eigenvalue weighted by Gasteiger charge is -2.30. The molecule has 132 valence electrons. The molecule has 0 heterocycles. The number of rotatable bonds is 5. The summed E-state index contributed by atoms with van der Waals surface area (Å²) in [6.07, 6.45) is -11.5. The lowest BCUT2D eigenvalue weighted by atomic mass is 9.96. The summed E-state index contributed by atoms with van der Waals surface area (Å²) in [5.74, 6) is -6.22. The molecule has 0 fully saturated rings. The quantitative estimate of drug-likeness (QED) is 0.777. The van der Waals surface area contributed by atoms with Gasteiger partial charge in [-0.3, -0.25) is 10.1 Å². The summed E-state index contributed by atoms with van der Waals surface area (Å²) in [4.78, 5) is 10.9. The highest BCUT2D eigenvalue weighted by molar-refractivity contribution is 5.85. The van der Waals surface area contributed by atoms with Crippen molar-refractivity contribution in [1.29, 1.82) is 0 Å². The SMILES string of the molecule is C[C@H](N[C@H](C(=O)O)C(C(F)(F)F)C(F)(F)F)c1ccccc1.Cl. The van der Waals surface area contributed by atoms with Gasteiger partial charge in [-0.2, -0.15) is 26.3 Å². The Morgan fingerprint density at radius 3 is 1.83 bits per heavy atom. The van der Waals surface area contributed by atoms with Crippen LogP contribution in [0.15, 0.2) is 30.3 Å². The summed E-state index contributed by atoms with van der Waals surface area (Å²) in [7, 11) is 0. The summed E-state index contributed by atoms with van der Waals surface area (Å²) in [6, 6.07) is 3.77. The first-order chi connectivity index (χ1) is 9.94. The Morgan fingerprint density at radius 1 is 1.04 bits per heavy atom. The van der Waals surface area contributed by atoms with E-state index in [9.17, 15) is 31.1 Å². The molecule has 0 saturated heterocycles. The average molecular weight is 366 g/mol. The van der Waals surface area contributed by atoms with E-state index in [0.717, 1.165) is 0 Å². The molecule has 1 aromatic rings. The Balaban J connectivity index is 0.00000484. The third-order valence-electron chi connectivity index (χ3n) is 3.03. The summed E-state index contributed by atoms with van der Waals surface area (Å²) in [5.41, 5.74) is 0.372. The minimum absolute atomic E-state index is 0. The van der Waals surface area contributed by atoms with Crippen LogP contribution >= 0.6 is 12.4 Å². The molecule has 0 bridgehead atoms. The van der Waals surface area contributed by atoms with E-state index in [1.807, 2.05) is 5.32 Å². The van der Waals surface area contributed by atoms with Crippen molar-refractivity contribution in [3.63, 3.8) is 0 Å². The first kappa shape index (κ1) is 21.5. The van der Waals surface area contributed by atoms with Gasteiger partial charge in [0.1, 0.15) is 6.04 Å². The van der Waals surface area contributed by atoms with Crippen molar-refractivity contribution in [1.82, 2.24) is 5.32 Å². The maximum atomic E-state index is 12.7. The maximum absolute atomic E-state index is 12.7. The molecular weight excluding hydrogens is 352 g/mol. The molecule has 2 N–H and O–H groups in total. The van der Waals surface area contributed by atoms with E-state index in [-0.39, 0.29) is 12.4 Å². The van der Waals surface area contributed by atoms with Crippen LogP contribution in [0, 0.1) is 5.92 Å². The van der Waals surface area contributed by atoms with Gasteiger partial charge in [-0.25, -0.2) is 0 Å². The molecule has 3 nitrogen and oxygen atoms in total. The Bertz CT molecular complexity index is 491. The molecule has 2 atom stereocenters. The van der Waals surface area contributed by atoms with Crippen molar-refractivity contribution in [2.45, 2.75) is 31.4 Å². The van der Waals surface area contributed by atoms with Crippen molar-refractivity contribution < 1.29 is 36.2 Å². The smallest absolute Gasteiger partial charge is 0.402 e. The van der Waals surface area contributed by atoms with Gasteiger partial charge in [-0.1, -0.05) is 30.3 Å².